The predicted molar refractivity (Wildman–Crippen MR) is 76.8 cm³/mol. The molecule has 0 amide bonds. The van der Waals surface area contributed by atoms with E-state index in [4.69, 9.17) is 28.3 Å². The molecule has 2 rings (SSSR count). The molecule has 0 saturated carbocycles. The lowest BCUT2D eigenvalue weighted by Gasteiger charge is -2.24. The molecule has 1 unspecified atom stereocenters. The number of allylic oxidation sites excluding steroid dienone is 1. The summed E-state index contributed by atoms with van der Waals surface area (Å²) in [6.07, 6.45) is 8.20. The summed E-state index contributed by atoms with van der Waals surface area (Å²) < 4.78 is 0. The number of benzene rings is 1. The monoisotopic (exact) mass is 283 g/mol. The number of rotatable bonds is 5. The zero-order valence-corrected chi connectivity index (χ0v) is 11.5. The molecule has 0 bridgehead atoms. The summed E-state index contributed by atoms with van der Waals surface area (Å²) in [7, 11) is 0. The molecule has 0 aliphatic carbocycles. The van der Waals surface area contributed by atoms with Gasteiger partial charge in [0.25, 0.3) is 0 Å². The van der Waals surface area contributed by atoms with Crippen LogP contribution in [-0.4, -0.2) is 23.5 Å². The summed E-state index contributed by atoms with van der Waals surface area (Å²) >= 11 is 11.9. The normalized spacial score (nSPS) is 21.7. The van der Waals surface area contributed by atoms with E-state index in [2.05, 4.69) is 11.1 Å². The minimum atomic E-state index is -0.236. The highest BCUT2D eigenvalue weighted by Crippen LogP contribution is 2.30. The first-order valence-electron chi connectivity index (χ1n) is 5.93. The lowest BCUT2D eigenvalue weighted by Crippen LogP contribution is -2.25. The van der Waals surface area contributed by atoms with Crippen LogP contribution in [-0.2, 0) is 6.42 Å². The van der Waals surface area contributed by atoms with Crippen molar-refractivity contribution in [3.8, 4) is 0 Å². The summed E-state index contributed by atoms with van der Waals surface area (Å²) in [4.78, 5) is 4.53. The lowest BCUT2D eigenvalue weighted by molar-refractivity contribution is 0.271. The number of aliphatic hydroxyl groups is 1. The third-order valence-corrected chi connectivity index (χ3v) is 3.83. The lowest BCUT2D eigenvalue weighted by atomic mass is 9.87. The van der Waals surface area contributed by atoms with Crippen molar-refractivity contribution in [2.24, 2.45) is 4.99 Å². The van der Waals surface area contributed by atoms with Gasteiger partial charge in [0.15, 0.2) is 0 Å². The molecular formula is C14H15Cl2NO. The number of hydrogen-bond donors (Lipinski definition) is 1. The van der Waals surface area contributed by atoms with Crippen LogP contribution < -0.4 is 0 Å². The summed E-state index contributed by atoms with van der Waals surface area (Å²) in [6.45, 7) is 0.187. The fraction of sp³-hybridized carbons (Fsp3) is 0.357. The second-order valence-electron chi connectivity index (χ2n) is 4.49. The van der Waals surface area contributed by atoms with E-state index < -0.39 is 0 Å². The maximum absolute atomic E-state index is 8.97. The van der Waals surface area contributed by atoms with Gasteiger partial charge in [-0.3, -0.25) is 4.99 Å². The van der Waals surface area contributed by atoms with Crippen LogP contribution >= 0.6 is 23.2 Å². The van der Waals surface area contributed by atoms with Crippen molar-refractivity contribution in [2.45, 2.75) is 24.8 Å². The summed E-state index contributed by atoms with van der Waals surface area (Å²) in [5, 5.41) is 10.1. The Kier molecular flexibility index (Phi) is 4.44. The second kappa shape index (κ2) is 5.87. The fourth-order valence-corrected chi connectivity index (χ4v) is 2.51. The van der Waals surface area contributed by atoms with Crippen molar-refractivity contribution in [2.75, 3.05) is 6.61 Å². The number of aliphatic hydroxyl groups excluding tert-OH is 1. The van der Waals surface area contributed by atoms with Gasteiger partial charge in [0.2, 0.25) is 0 Å². The van der Waals surface area contributed by atoms with Gasteiger partial charge in [0.1, 0.15) is 0 Å². The van der Waals surface area contributed by atoms with Crippen LogP contribution in [0, 0.1) is 0 Å². The van der Waals surface area contributed by atoms with Crippen molar-refractivity contribution in [1.82, 2.24) is 0 Å². The molecule has 1 aromatic rings. The van der Waals surface area contributed by atoms with Gasteiger partial charge in [-0.15, -0.1) is 0 Å². The molecule has 1 heterocycles. The minimum Gasteiger partial charge on any atom is -0.396 e. The molecule has 0 radical (unpaired) electrons. The Morgan fingerprint density at radius 3 is 2.67 bits per heavy atom. The van der Waals surface area contributed by atoms with E-state index in [1.165, 1.54) is 0 Å². The first-order valence-corrected chi connectivity index (χ1v) is 6.69. The largest absolute Gasteiger partial charge is 0.396 e. The molecule has 1 atom stereocenters. The van der Waals surface area contributed by atoms with Gasteiger partial charge >= 0.3 is 0 Å². The molecular weight excluding hydrogens is 269 g/mol. The predicted octanol–water partition coefficient (Wildman–Crippen LogP) is 3.69. The standard InChI is InChI=1S/C14H15Cl2NO/c15-12-4-3-11(9-13(12)16)10-14(6-2-8-18)5-1-7-17-14/h1,3-5,7,9,18H,2,6,8,10H2. The first-order chi connectivity index (χ1) is 8.65. The van der Waals surface area contributed by atoms with E-state index in [9.17, 15) is 0 Å². The molecule has 18 heavy (non-hydrogen) atoms. The Balaban J connectivity index is 2.16. The van der Waals surface area contributed by atoms with Gasteiger partial charge in [0, 0.05) is 19.2 Å². The zero-order valence-electron chi connectivity index (χ0n) is 9.94. The average molecular weight is 284 g/mol. The quantitative estimate of drug-likeness (QED) is 0.878. The Morgan fingerprint density at radius 2 is 2.06 bits per heavy atom. The smallest absolute Gasteiger partial charge is 0.0832 e. The first kappa shape index (κ1) is 13.6. The van der Waals surface area contributed by atoms with Crippen LogP contribution in [0.5, 0.6) is 0 Å². The van der Waals surface area contributed by atoms with E-state index in [1.54, 1.807) is 6.07 Å². The number of hydrogen-bond acceptors (Lipinski definition) is 2. The fourth-order valence-electron chi connectivity index (χ4n) is 2.19. The van der Waals surface area contributed by atoms with Crippen molar-refractivity contribution in [1.29, 1.82) is 0 Å². The van der Waals surface area contributed by atoms with Gasteiger partial charge in [-0.1, -0.05) is 35.3 Å². The molecule has 4 heteroatoms. The zero-order chi connectivity index (χ0) is 13.0. The van der Waals surface area contributed by atoms with E-state index in [0.29, 0.717) is 10.0 Å². The van der Waals surface area contributed by atoms with E-state index in [-0.39, 0.29) is 12.1 Å². The van der Waals surface area contributed by atoms with Crippen LogP contribution in [0.3, 0.4) is 0 Å². The van der Waals surface area contributed by atoms with Crippen molar-refractivity contribution >= 4 is 29.4 Å². The molecule has 0 saturated heterocycles. The van der Waals surface area contributed by atoms with Crippen molar-refractivity contribution in [3.63, 3.8) is 0 Å². The molecule has 0 aromatic heterocycles. The minimum absolute atomic E-state index is 0.187. The Labute approximate surface area is 117 Å². The molecule has 1 aromatic carbocycles. The van der Waals surface area contributed by atoms with Gasteiger partial charge in [-0.2, -0.15) is 0 Å². The summed E-state index contributed by atoms with van der Waals surface area (Å²) in [6, 6.07) is 5.66. The number of aliphatic imine (C=N–C) groups is 1. The number of nitrogens with zero attached hydrogens (tertiary/aromatic N) is 1. The van der Waals surface area contributed by atoms with Crippen LogP contribution in [0.15, 0.2) is 35.3 Å². The van der Waals surface area contributed by atoms with Crippen LogP contribution in [0.2, 0.25) is 10.0 Å². The Morgan fingerprint density at radius 1 is 1.22 bits per heavy atom. The Bertz CT molecular complexity index is 471. The van der Waals surface area contributed by atoms with Crippen molar-refractivity contribution in [3.05, 3.63) is 46.0 Å². The number of halogens is 2. The maximum Gasteiger partial charge on any atom is 0.0832 e. The summed E-state index contributed by atoms with van der Waals surface area (Å²) in [5.74, 6) is 0. The summed E-state index contributed by atoms with van der Waals surface area (Å²) in [5.41, 5.74) is 0.867. The molecule has 1 aliphatic heterocycles. The molecule has 96 valence electrons. The SMILES string of the molecule is OCCCC1(Cc2ccc(Cl)c(Cl)c2)C=CC=N1. The molecule has 2 nitrogen and oxygen atoms in total. The van der Waals surface area contributed by atoms with Crippen LogP contribution in [0.4, 0.5) is 0 Å². The highest BCUT2D eigenvalue weighted by atomic mass is 35.5. The molecule has 1 N–H and O–H groups in total. The third-order valence-electron chi connectivity index (χ3n) is 3.09. The van der Waals surface area contributed by atoms with Gasteiger partial charge in [0.05, 0.1) is 15.6 Å². The van der Waals surface area contributed by atoms with Gasteiger partial charge < -0.3 is 5.11 Å². The molecule has 1 aliphatic rings. The van der Waals surface area contributed by atoms with Crippen LogP contribution in [0.1, 0.15) is 18.4 Å². The van der Waals surface area contributed by atoms with Crippen molar-refractivity contribution < 1.29 is 5.11 Å². The highest BCUT2D eigenvalue weighted by molar-refractivity contribution is 6.42. The topological polar surface area (TPSA) is 32.6 Å². The van der Waals surface area contributed by atoms with E-state index in [0.717, 1.165) is 24.8 Å². The van der Waals surface area contributed by atoms with Gasteiger partial charge in [-0.05, 0) is 36.6 Å². The second-order valence-corrected chi connectivity index (χ2v) is 5.31. The molecule has 0 spiro atoms. The third kappa shape index (κ3) is 3.14. The highest BCUT2D eigenvalue weighted by Gasteiger charge is 2.27. The van der Waals surface area contributed by atoms with Crippen LogP contribution in [0.25, 0.3) is 0 Å². The van der Waals surface area contributed by atoms with Gasteiger partial charge in [-0.25, -0.2) is 0 Å². The molecule has 0 fully saturated rings. The van der Waals surface area contributed by atoms with E-state index >= 15 is 0 Å². The van der Waals surface area contributed by atoms with E-state index in [1.807, 2.05) is 24.4 Å². The Hall–Kier alpha value is -0.830. The average Bonchev–Trinajstić information content (AvgIpc) is 2.80. The maximum atomic E-state index is 8.97.